The highest BCUT2D eigenvalue weighted by atomic mass is 15.3. The van der Waals surface area contributed by atoms with E-state index in [4.69, 9.17) is 4.99 Å². The Balaban J connectivity index is 1.57. The topological polar surface area (TPSA) is 80.0 Å². The number of aryl methyl sites for hydroxylation is 1. The minimum atomic E-state index is 0.706. The van der Waals surface area contributed by atoms with Crippen molar-refractivity contribution >= 4 is 16.9 Å². The fourth-order valence-electron chi connectivity index (χ4n) is 3.03. The van der Waals surface area contributed by atoms with Crippen LogP contribution in [0.5, 0.6) is 0 Å². The van der Waals surface area contributed by atoms with Crippen LogP contribution in [0, 0.1) is 0 Å². The lowest BCUT2D eigenvalue weighted by atomic mass is 10.1. The molecule has 3 aromatic rings. The highest BCUT2D eigenvalue weighted by molar-refractivity contribution is 5.82. The van der Waals surface area contributed by atoms with Gasteiger partial charge in [-0.1, -0.05) is 31.2 Å². The molecule has 7 nitrogen and oxygen atoms in total. The second-order valence-corrected chi connectivity index (χ2v) is 6.22. The molecule has 3 rings (SSSR count). The zero-order valence-corrected chi connectivity index (χ0v) is 16.0. The second-order valence-electron chi connectivity index (χ2n) is 6.22. The minimum Gasteiger partial charge on any atom is -0.357 e. The van der Waals surface area contributed by atoms with Gasteiger partial charge in [-0.2, -0.15) is 0 Å². The normalized spacial score (nSPS) is 11.7. The molecule has 2 heterocycles. The molecule has 142 valence electrons. The van der Waals surface area contributed by atoms with Crippen molar-refractivity contribution in [2.75, 3.05) is 19.6 Å². The molecule has 0 aliphatic rings. The first-order valence-electron chi connectivity index (χ1n) is 9.53. The summed E-state index contributed by atoms with van der Waals surface area (Å²) in [4.78, 5) is 9.22. The van der Waals surface area contributed by atoms with Gasteiger partial charge in [0, 0.05) is 44.2 Å². The van der Waals surface area contributed by atoms with E-state index in [1.165, 1.54) is 10.9 Å². The number of nitrogens with zero attached hydrogens (tertiary/aromatic N) is 5. The van der Waals surface area contributed by atoms with Gasteiger partial charge in [-0.25, -0.2) is 0 Å². The summed E-state index contributed by atoms with van der Waals surface area (Å²) in [6.07, 6.45) is 5.36. The summed E-state index contributed by atoms with van der Waals surface area (Å²) >= 11 is 0. The third-order valence-electron chi connectivity index (χ3n) is 4.37. The molecule has 0 aliphatic heterocycles. The Kier molecular flexibility index (Phi) is 6.73. The molecule has 1 aromatic carbocycles. The first-order valence-corrected chi connectivity index (χ1v) is 9.53. The highest BCUT2D eigenvalue weighted by Crippen LogP contribution is 2.16. The molecule has 0 saturated heterocycles. The lowest BCUT2D eigenvalue weighted by Crippen LogP contribution is -2.39. The molecule has 2 N–H and O–H groups in total. The molecule has 0 radical (unpaired) electrons. The van der Waals surface area contributed by atoms with E-state index in [1.54, 1.807) is 6.33 Å². The van der Waals surface area contributed by atoms with Crippen molar-refractivity contribution < 1.29 is 0 Å². The van der Waals surface area contributed by atoms with Crippen LogP contribution < -0.4 is 10.6 Å². The molecule has 0 aliphatic carbocycles. The van der Waals surface area contributed by atoms with Gasteiger partial charge < -0.3 is 15.2 Å². The third-order valence-corrected chi connectivity index (χ3v) is 4.37. The summed E-state index contributed by atoms with van der Waals surface area (Å²) < 4.78 is 2.07. The fraction of sp³-hybridized carbons (Fsp3) is 0.400. The van der Waals surface area contributed by atoms with Crippen molar-refractivity contribution in [1.82, 2.24) is 30.4 Å². The summed E-state index contributed by atoms with van der Waals surface area (Å²) in [6.45, 7) is 7.27. The number of rotatable bonds is 8. The van der Waals surface area contributed by atoms with Crippen LogP contribution in [0.2, 0.25) is 0 Å². The SMILES string of the molecule is CCNC(=NCCc1cccc2cccnc12)NCCn1cnnc1CC. The zero-order chi connectivity index (χ0) is 18.9. The number of pyridine rings is 1. The van der Waals surface area contributed by atoms with Crippen LogP contribution in [0.15, 0.2) is 47.8 Å². The number of para-hydroxylation sites is 1. The lowest BCUT2D eigenvalue weighted by molar-refractivity contribution is 0.632. The zero-order valence-electron chi connectivity index (χ0n) is 16.0. The predicted octanol–water partition coefficient (Wildman–Crippen LogP) is 2.19. The number of aromatic nitrogens is 4. The van der Waals surface area contributed by atoms with Gasteiger partial charge in [-0.05, 0) is 25.0 Å². The first kappa shape index (κ1) is 18.8. The van der Waals surface area contributed by atoms with E-state index in [0.717, 1.165) is 49.8 Å². The van der Waals surface area contributed by atoms with Crippen molar-refractivity contribution in [3.8, 4) is 0 Å². The van der Waals surface area contributed by atoms with Crippen molar-refractivity contribution in [2.24, 2.45) is 4.99 Å². The standard InChI is InChI=1S/C20H27N7/c1-3-18-26-25-15-27(18)14-13-24-20(21-4-2)23-12-10-17-8-5-7-16-9-6-11-22-19(16)17/h5-9,11,15H,3-4,10,12-14H2,1-2H3,(H2,21,23,24). The van der Waals surface area contributed by atoms with Gasteiger partial charge in [0.05, 0.1) is 5.52 Å². The molecule has 0 amide bonds. The van der Waals surface area contributed by atoms with Crippen LogP contribution in [0.25, 0.3) is 10.9 Å². The van der Waals surface area contributed by atoms with Crippen LogP contribution in [0.3, 0.4) is 0 Å². The van der Waals surface area contributed by atoms with Gasteiger partial charge in [0.15, 0.2) is 5.96 Å². The van der Waals surface area contributed by atoms with Gasteiger partial charge in [-0.3, -0.25) is 9.98 Å². The molecule has 0 unspecified atom stereocenters. The van der Waals surface area contributed by atoms with Gasteiger partial charge in [0.25, 0.3) is 0 Å². The third kappa shape index (κ3) is 5.03. The van der Waals surface area contributed by atoms with Gasteiger partial charge >= 0.3 is 0 Å². The highest BCUT2D eigenvalue weighted by Gasteiger charge is 2.04. The molecule has 0 fully saturated rings. The van der Waals surface area contributed by atoms with E-state index in [-0.39, 0.29) is 0 Å². The second kappa shape index (κ2) is 9.66. The Morgan fingerprint density at radius 2 is 2.04 bits per heavy atom. The van der Waals surface area contributed by atoms with Crippen molar-refractivity contribution in [2.45, 2.75) is 33.2 Å². The number of aliphatic imine (C=N–C) groups is 1. The summed E-state index contributed by atoms with van der Waals surface area (Å²) in [7, 11) is 0. The van der Waals surface area contributed by atoms with Gasteiger partial charge in [0.1, 0.15) is 12.2 Å². The van der Waals surface area contributed by atoms with Crippen LogP contribution >= 0.6 is 0 Å². The molecular weight excluding hydrogens is 338 g/mol. The number of hydrogen-bond acceptors (Lipinski definition) is 4. The van der Waals surface area contributed by atoms with E-state index in [9.17, 15) is 0 Å². The quantitative estimate of drug-likeness (QED) is 0.472. The predicted molar refractivity (Wildman–Crippen MR) is 109 cm³/mol. The van der Waals surface area contributed by atoms with Crippen molar-refractivity contribution in [1.29, 1.82) is 0 Å². The summed E-state index contributed by atoms with van der Waals surface area (Å²) in [5, 5.41) is 15.9. The smallest absolute Gasteiger partial charge is 0.191 e. The summed E-state index contributed by atoms with van der Waals surface area (Å²) in [6, 6.07) is 10.4. The maximum absolute atomic E-state index is 4.70. The Hall–Kier alpha value is -2.96. The monoisotopic (exact) mass is 365 g/mol. The van der Waals surface area contributed by atoms with Crippen LogP contribution in [0.1, 0.15) is 25.2 Å². The summed E-state index contributed by atoms with van der Waals surface area (Å²) in [5.74, 6) is 1.83. The molecule has 27 heavy (non-hydrogen) atoms. The average Bonchev–Trinajstić information content (AvgIpc) is 3.15. The number of benzene rings is 1. The first-order chi connectivity index (χ1) is 13.3. The Labute approximate surface area is 159 Å². The molecule has 2 aromatic heterocycles. The van der Waals surface area contributed by atoms with Gasteiger partial charge in [-0.15, -0.1) is 10.2 Å². The Morgan fingerprint density at radius 1 is 1.15 bits per heavy atom. The molecule has 7 heteroatoms. The van der Waals surface area contributed by atoms with E-state index in [2.05, 4.69) is 68.5 Å². The summed E-state index contributed by atoms with van der Waals surface area (Å²) in [5.41, 5.74) is 2.29. The molecule has 0 spiro atoms. The lowest BCUT2D eigenvalue weighted by Gasteiger charge is -2.12. The van der Waals surface area contributed by atoms with Crippen molar-refractivity contribution in [3.63, 3.8) is 0 Å². The van der Waals surface area contributed by atoms with E-state index < -0.39 is 0 Å². The van der Waals surface area contributed by atoms with Crippen LogP contribution in [-0.4, -0.2) is 45.3 Å². The largest absolute Gasteiger partial charge is 0.357 e. The minimum absolute atomic E-state index is 0.706. The van der Waals surface area contributed by atoms with E-state index >= 15 is 0 Å². The molecular formula is C20H27N7. The van der Waals surface area contributed by atoms with Crippen molar-refractivity contribution in [3.05, 3.63) is 54.2 Å². The van der Waals surface area contributed by atoms with E-state index in [0.29, 0.717) is 6.54 Å². The molecule has 0 saturated carbocycles. The average molecular weight is 365 g/mol. The maximum atomic E-state index is 4.70. The Bertz CT molecular complexity index is 879. The van der Waals surface area contributed by atoms with Crippen LogP contribution in [0.4, 0.5) is 0 Å². The van der Waals surface area contributed by atoms with E-state index in [1.807, 2.05) is 12.3 Å². The maximum Gasteiger partial charge on any atom is 0.191 e. The molecule has 0 bridgehead atoms. The molecule has 0 atom stereocenters. The fourth-order valence-corrected chi connectivity index (χ4v) is 3.03. The number of fused-ring (bicyclic) bond motifs is 1. The van der Waals surface area contributed by atoms with Gasteiger partial charge in [0.2, 0.25) is 0 Å². The number of nitrogens with one attached hydrogen (secondary N) is 2. The number of hydrogen-bond donors (Lipinski definition) is 2. The number of guanidine groups is 1. The van der Waals surface area contributed by atoms with Crippen LogP contribution in [-0.2, 0) is 19.4 Å². The Morgan fingerprint density at radius 3 is 2.89 bits per heavy atom.